The van der Waals surface area contributed by atoms with Crippen LogP contribution in [0.15, 0.2) is 47.1 Å². The quantitative estimate of drug-likeness (QED) is 0.699. The minimum atomic E-state index is 0.623. The van der Waals surface area contributed by atoms with Crippen molar-refractivity contribution in [2.45, 2.75) is 13.5 Å². The van der Waals surface area contributed by atoms with Gasteiger partial charge < -0.3 is 14.1 Å². The Hall–Kier alpha value is -2.40. The van der Waals surface area contributed by atoms with E-state index in [9.17, 15) is 0 Å². The second kappa shape index (κ2) is 6.58. The number of aromatic nitrogens is 2. The van der Waals surface area contributed by atoms with Gasteiger partial charge in [-0.15, -0.1) is 0 Å². The molecule has 5 heteroatoms. The lowest BCUT2D eigenvalue weighted by molar-refractivity contribution is 0.204. The monoisotopic (exact) mass is 297 g/mol. The molecule has 0 spiro atoms. The van der Waals surface area contributed by atoms with Crippen LogP contribution in [0.3, 0.4) is 0 Å². The van der Waals surface area contributed by atoms with Gasteiger partial charge in [0.15, 0.2) is 0 Å². The van der Waals surface area contributed by atoms with Gasteiger partial charge in [-0.3, -0.25) is 0 Å². The summed E-state index contributed by atoms with van der Waals surface area (Å²) in [4.78, 5) is 11.0. The Morgan fingerprint density at radius 2 is 2.00 bits per heavy atom. The summed E-state index contributed by atoms with van der Waals surface area (Å²) in [6.07, 6.45) is 1.60. The van der Waals surface area contributed by atoms with Gasteiger partial charge in [0.1, 0.15) is 23.7 Å². The molecule has 0 atom stereocenters. The fourth-order valence-electron chi connectivity index (χ4n) is 2.46. The van der Waals surface area contributed by atoms with Crippen LogP contribution < -0.4 is 4.90 Å². The number of benzene rings is 1. The van der Waals surface area contributed by atoms with Crippen molar-refractivity contribution in [2.24, 2.45) is 0 Å². The molecule has 3 aromatic rings. The average molecular weight is 297 g/mol. The maximum Gasteiger partial charge on any atom is 0.140 e. The molecule has 0 amide bonds. The first-order chi connectivity index (χ1) is 10.8. The van der Waals surface area contributed by atoms with Gasteiger partial charge in [-0.1, -0.05) is 12.1 Å². The first-order valence-electron chi connectivity index (χ1n) is 7.27. The lowest BCUT2D eigenvalue weighted by Gasteiger charge is -2.23. The molecule has 5 nitrogen and oxygen atoms in total. The maximum absolute atomic E-state index is 5.70. The predicted molar refractivity (Wildman–Crippen MR) is 85.9 cm³/mol. The number of furan rings is 1. The fourth-order valence-corrected chi connectivity index (χ4v) is 2.46. The van der Waals surface area contributed by atoms with Crippen molar-refractivity contribution in [1.29, 1.82) is 0 Å². The zero-order valence-electron chi connectivity index (χ0n) is 12.8. The van der Waals surface area contributed by atoms with Crippen molar-refractivity contribution in [3.8, 4) is 0 Å². The highest BCUT2D eigenvalue weighted by Crippen LogP contribution is 2.24. The molecule has 0 N–H and O–H groups in total. The summed E-state index contributed by atoms with van der Waals surface area (Å²) in [5.41, 5.74) is 0.936. The standard InChI is InChI=1S/C17H19N3O2/c1-13-7-8-14(22-13)11-20(9-10-21-2)17-15-5-3-4-6-16(15)18-12-19-17/h3-8,12H,9-11H2,1-2H3. The summed E-state index contributed by atoms with van der Waals surface area (Å²) in [6.45, 7) is 3.95. The van der Waals surface area contributed by atoms with E-state index in [-0.39, 0.29) is 0 Å². The zero-order chi connectivity index (χ0) is 15.4. The second-order valence-electron chi connectivity index (χ2n) is 5.14. The summed E-state index contributed by atoms with van der Waals surface area (Å²) in [7, 11) is 1.70. The molecule has 0 fully saturated rings. The van der Waals surface area contributed by atoms with E-state index in [4.69, 9.17) is 9.15 Å². The molecule has 0 unspecified atom stereocenters. The largest absolute Gasteiger partial charge is 0.464 e. The second-order valence-corrected chi connectivity index (χ2v) is 5.14. The van der Waals surface area contributed by atoms with E-state index in [0.717, 1.165) is 34.8 Å². The van der Waals surface area contributed by atoms with E-state index < -0.39 is 0 Å². The van der Waals surface area contributed by atoms with Gasteiger partial charge in [-0.2, -0.15) is 0 Å². The Balaban J connectivity index is 1.96. The van der Waals surface area contributed by atoms with Crippen LogP contribution in [-0.2, 0) is 11.3 Å². The molecule has 0 saturated carbocycles. The highest BCUT2D eigenvalue weighted by molar-refractivity contribution is 5.89. The number of hydrogen-bond donors (Lipinski definition) is 0. The van der Waals surface area contributed by atoms with Gasteiger partial charge in [0.05, 0.1) is 18.7 Å². The Kier molecular flexibility index (Phi) is 4.34. The average Bonchev–Trinajstić information content (AvgIpc) is 2.96. The van der Waals surface area contributed by atoms with Gasteiger partial charge in [0.25, 0.3) is 0 Å². The Morgan fingerprint density at radius 1 is 1.14 bits per heavy atom. The molecule has 114 valence electrons. The topological polar surface area (TPSA) is 51.4 Å². The zero-order valence-corrected chi connectivity index (χ0v) is 12.8. The number of para-hydroxylation sites is 1. The Labute approximate surface area is 129 Å². The molecule has 1 aromatic carbocycles. The minimum Gasteiger partial charge on any atom is -0.464 e. The molecule has 0 saturated heterocycles. The molecule has 0 aliphatic rings. The van der Waals surface area contributed by atoms with Crippen LogP contribution in [-0.4, -0.2) is 30.2 Å². The van der Waals surface area contributed by atoms with E-state index in [1.165, 1.54) is 0 Å². The molecule has 0 radical (unpaired) electrons. The van der Waals surface area contributed by atoms with Crippen molar-refractivity contribution in [1.82, 2.24) is 9.97 Å². The lowest BCUT2D eigenvalue weighted by Crippen LogP contribution is -2.27. The minimum absolute atomic E-state index is 0.623. The SMILES string of the molecule is COCCN(Cc1ccc(C)o1)c1ncnc2ccccc12. The van der Waals surface area contributed by atoms with Crippen LogP contribution in [0.5, 0.6) is 0 Å². The molecule has 0 aliphatic heterocycles. The van der Waals surface area contributed by atoms with Gasteiger partial charge in [0.2, 0.25) is 0 Å². The summed E-state index contributed by atoms with van der Waals surface area (Å²) in [6, 6.07) is 12.0. The molecule has 2 aromatic heterocycles. The summed E-state index contributed by atoms with van der Waals surface area (Å²) >= 11 is 0. The Morgan fingerprint density at radius 3 is 2.77 bits per heavy atom. The van der Waals surface area contributed by atoms with Crippen molar-refractivity contribution < 1.29 is 9.15 Å². The van der Waals surface area contributed by atoms with Gasteiger partial charge >= 0.3 is 0 Å². The molecule has 0 aliphatic carbocycles. The number of anilines is 1. The van der Waals surface area contributed by atoms with E-state index in [0.29, 0.717) is 13.2 Å². The third kappa shape index (κ3) is 3.09. The van der Waals surface area contributed by atoms with Crippen LogP contribution in [0.1, 0.15) is 11.5 Å². The van der Waals surface area contributed by atoms with E-state index >= 15 is 0 Å². The highest BCUT2D eigenvalue weighted by Gasteiger charge is 2.14. The summed E-state index contributed by atoms with van der Waals surface area (Å²) in [5.74, 6) is 2.72. The molecular weight excluding hydrogens is 278 g/mol. The summed E-state index contributed by atoms with van der Waals surface area (Å²) < 4.78 is 10.9. The van der Waals surface area contributed by atoms with Crippen LogP contribution in [0.4, 0.5) is 5.82 Å². The normalized spacial score (nSPS) is 11.0. The molecular formula is C17H19N3O2. The third-order valence-corrected chi connectivity index (χ3v) is 3.53. The van der Waals surface area contributed by atoms with E-state index in [2.05, 4.69) is 14.9 Å². The molecule has 0 bridgehead atoms. The number of nitrogens with zero attached hydrogens (tertiary/aromatic N) is 3. The van der Waals surface area contributed by atoms with Gasteiger partial charge in [-0.05, 0) is 31.2 Å². The number of hydrogen-bond acceptors (Lipinski definition) is 5. The number of fused-ring (bicyclic) bond motifs is 1. The number of aryl methyl sites for hydroxylation is 1. The number of rotatable bonds is 6. The molecule has 22 heavy (non-hydrogen) atoms. The molecule has 2 heterocycles. The van der Waals surface area contributed by atoms with Crippen LogP contribution >= 0.6 is 0 Å². The smallest absolute Gasteiger partial charge is 0.140 e. The third-order valence-electron chi connectivity index (χ3n) is 3.53. The predicted octanol–water partition coefficient (Wildman–Crippen LogP) is 3.18. The summed E-state index contributed by atoms with van der Waals surface area (Å²) in [5, 5.41) is 1.03. The van der Waals surface area contributed by atoms with Crippen molar-refractivity contribution in [3.63, 3.8) is 0 Å². The maximum atomic E-state index is 5.70. The number of ether oxygens (including phenoxy) is 1. The van der Waals surface area contributed by atoms with Crippen molar-refractivity contribution >= 4 is 16.7 Å². The fraction of sp³-hybridized carbons (Fsp3) is 0.294. The van der Waals surface area contributed by atoms with Crippen molar-refractivity contribution in [2.75, 3.05) is 25.2 Å². The van der Waals surface area contributed by atoms with Crippen LogP contribution in [0.25, 0.3) is 10.9 Å². The molecule has 3 rings (SSSR count). The number of methoxy groups -OCH3 is 1. The first kappa shape index (κ1) is 14.5. The van der Waals surface area contributed by atoms with Crippen LogP contribution in [0.2, 0.25) is 0 Å². The van der Waals surface area contributed by atoms with Gasteiger partial charge in [-0.25, -0.2) is 9.97 Å². The van der Waals surface area contributed by atoms with Crippen LogP contribution in [0, 0.1) is 6.92 Å². The highest BCUT2D eigenvalue weighted by atomic mass is 16.5. The van der Waals surface area contributed by atoms with Crippen molar-refractivity contribution in [3.05, 3.63) is 54.2 Å². The van der Waals surface area contributed by atoms with E-state index in [1.54, 1.807) is 13.4 Å². The van der Waals surface area contributed by atoms with Gasteiger partial charge in [0, 0.05) is 19.0 Å². The van der Waals surface area contributed by atoms with E-state index in [1.807, 2.05) is 43.3 Å². The lowest BCUT2D eigenvalue weighted by atomic mass is 10.2. The first-order valence-corrected chi connectivity index (χ1v) is 7.27. The Bertz CT molecular complexity index is 749.